The molecule has 1 atom stereocenters. The van der Waals surface area contributed by atoms with Gasteiger partial charge in [0.2, 0.25) is 5.82 Å². The molecule has 7 heteroatoms. The van der Waals surface area contributed by atoms with E-state index in [0.29, 0.717) is 12.4 Å². The number of imidazole rings is 1. The number of carbonyl (C=O) groups excluding carboxylic acids is 1. The lowest BCUT2D eigenvalue weighted by Crippen LogP contribution is -2.40. The molecule has 1 saturated heterocycles. The van der Waals surface area contributed by atoms with E-state index in [1.165, 1.54) is 0 Å². The molecule has 26 heavy (non-hydrogen) atoms. The molecule has 2 aliphatic heterocycles. The number of nitrogens with zero attached hydrogens (tertiary/aromatic N) is 5. The summed E-state index contributed by atoms with van der Waals surface area (Å²) in [5.41, 5.74) is 2.04. The van der Waals surface area contributed by atoms with Crippen molar-refractivity contribution in [1.29, 1.82) is 0 Å². The number of benzene rings is 1. The molecular formula is C19H22N6O. The number of nitrogens with one attached hydrogen (secondary N) is 1. The lowest BCUT2D eigenvalue weighted by Gasteiger charge is -2.31. The van der Waals surface area contributed by atoms with Crippen molar-refractivity contribution < 1.29 is 4.79 Å². The summed E-state index contributed by atoms with van der Waals surface area (Å²) in [5.74, 6) is 2.68. The van der Waals surface area contributed by atoms with Gasteiger partial charge in [-0.05, 0) is 37.8 Å². The van der Waals surface area contributed by atoms with Crippen molar-refractivity contribution in [3.05, 3.63) is 41.7 Å². The number of aryl methyl sites for hydroxylation is 1. The fourth-order valence-electron chi connectivity index (χ4n) is 4.16. The van der Waals surface area contributed by atoms with Gasteiger partial charge in [0.1, 0.15) is 11.6 Å². The minimum Gasteiger partial charge on any atom is -0.342 e. The monoisotopic (exact) mass is 350 g/mol. The topological polar surface area (TPSA) is 79.7 Å². The Labute approximate surface area is 151 Å². The largest absolute Gasteiger partial charge is 0.342 e. The van der Waals surface area contributed by atoms with Crippen molar-refractivity contribution in [2.45, 2.75) is 44.6 Å². The summed E-state index contributed by atoms with van der Waals surface area (Å²) in [5, 5.41) is 8.43. The fraction of sp³-hybridized carbons (Fsp3) is 0.474. The van der Waals surface area contributed by atoms with Crippen LogP contribution in [0.15, 0.2) is 24.3 Å². The maximum Gasteiger partial charge on any atom is 0.291 e. The normalized spacial score (nSPS) is 20.3. The number of hydrogen-bond acceptors (Lipinski definition) is 4. The third-order valence-electron chi connectivity index (χ3n) is 5.55. The summed E-state index contributed by atoms with van der Waals surface area (Å²) in [6.45, 7) is 2.31. The van der Waals surface area contributed by atoms with Crippen molar-refractivity contribution in [1.82, 2.24) is 29.6 Å². The maximum absolute atomic E-state index is 13.1. The average molecular weight is 350 g/mol. The van der Waals surface area contributed by atoms with Crippen LogP contribution in [-0.2, 0) is 13.0 Å². The van der Waals surface area contributed by atoms with Gasteiger partial charge in [0, 0.05) is 32.0 Å². The highest BCUT2D eigenvalue weighted by Gasteiger charge is 2.31. The molecule has 2 aromatic heterocycles. The van der Waals surface area contributed by atoms with Crippen LogP contribution in [0.2, 0.25) is 0 Å². The van der Waals surface area contributed by atoms with Gasteiger partial charge in [0.25, 0.3) is 5.91 Å². The van der Waals surface area contributed by atoms with Gasteiger partial charge in [-0.2, -0.15) is 0 Å². The first-order valence-electron chi connectivity index (χ1n) is 9.45. The van der Waals surface area contributed by atoms with E-state index in [1.807, 2.05) is 33.7 Å². The molecule has 0 bridgehead atoms. The summed E-state index contributed by atoms with van der Waals surface area (Å²) < 4.78 is 2.01. The van der Waals surface area contributed by atoms with Crippen molar-refractivity contribution in [2.24, 2.45) is 0 Å². The highest BCUT2D eigenvalue weighted by atomic mass is 16.2. The van der Waals surface area contributed by atoms with Gasteiger partial charge in [-0.1, -0.05) is 12.1 Å². The molecule has 1 fully saturated rings. The van der Waals surface area contributed by atoms with Gasteiger partial charge in [-0.25, -0.2) is 4.98 Å². The zero-order valence-electron chi connectivity index (χ0n) is 14.7. The van der Waals surface area contributed by atoms with E-state index in [-0.39, 0.29) is 11.8 Å². The number of para-hydroxylation sites is 2. The lowest BCUT2D eigenvalue weighted by molar-refractivity contribution is 0.0686. The Kier molecular flexibility index (Phi) is 3.72. The number of H-pyrrole nitrogens is 1. The summed E-state index contributed by atoms with van der Waals surface area (Å²) >= 11 is 0. The highest BCUT2D eigenvalue weighted by Crippen LogP contribution is 2.28. The summed E-state index contributed by atoms with van der Waals surface area (Å²) in [6.07, 6.45) is 5.16. The summed E-state index contributed by atoms with van der Waals surface area (Å²) in [4.78, 5) is 23.1. The fourth-order valence-corrected chi connectivity index (χ4v) is 4.16. The molecule has 0 aliphatic carbocycles. The van der Waals surface area contributed by atoms with E-state index in [4.69, 9.17) is 4.98 Å². The van der Waals surface area contributed by atoms with Crippen LogP contribution in [0.3, 0.4) is 0 Å². The van der Waals surface area contributed by atoms with Crippen LogP contribution in [0.1, 0.15) is 53.9 Å². The van der Waals surface area contributed by atoms with Crippen LogP contribution in [0.25, 0.3) is 11.0 Å². The highest BCUT2D eigenvalue weighted by molar-refractivity contribution is 5.91. The number of carbonyl (C=O) groups is 1. The van der Waals surface area contributed by atoms with Crippen LogP contribution < -0.4 is 0 Å². The minimum absolute atomic E-state index is 0.00598. The van der Waals surface area contributed by atoms with Gasteiger partial charge >= 0.3 is 0 Å². The van der Waals surface area contributed by atoms with Crippen LogP contribution in [-0.4, -0.2) is 48.6 Å². The molecule has 1 unspecified atom stereocenters. The number of likely N-dealkylation sites (tertiary alicyclic amines) is 1. The van der Waals surface area contributed by atoms with E-state index in [2.05, 4.69) is 15.2 Å². The zero-order valence-corrected chi connectivity index (χ0v) is 14.7. The molecule has 3 aromatic rings. The quantitative estimate of drug-likeness (QED) is 0.770. The second kappa shape index (κ2) is 6.23. The van der Waals surface area contributed by atoms with Crippen molar-refractivity contribution in [2.75, 3.05) is 13.1 Å². The second-order valence-electron chi connectivity index (χ2n) is 7.28. The molecule has 1 aromatic carbocycles. The lowest BCUT2D eigenvalue weighted by atomic mass is 9.97. The first-order valence-corrected chi connectivity index (χ1v) is 9.45. The SMILES string of the molecule is O=C(c1nnc2n1CCCC2)N1CCCC(c2nc3ccccc3[nH]2)C1. The Morgan fingerprint density at radius 1 is 1.12 bits per heavy atom. The Hall–Kier alpha value is -2.70. The molecule has 7 nitrogen and oxygen atoms in total. The molecule has 1 amide bonds. The molecule has 134 valence electrons. The summed E-state index contributed by atoms with van der Waals surface area (Å²) in [6, 6.07) is 8.07. The van der Waals surface area contributed by atoms with Gasteiger partial charge in [-0.15, -0.1) is 10.2 Å². The van der Waals surface area contributed by atoms with E-state index < -0.39 is 0 Å². The Bertz CT molecular complexity index is 925. The molecular weight excluding hydrogens is 328 g/mol. The van der Waals surface area contributed by atoms with E-state index in [9.17, 15) is 4.79 Å². The Morgan fingerprint density at radius 3 is 2.96 bits per heavy atom. The van der Waals surface area contributed by atoms with E-state index >= 15 is 0 Å². The van der Waals surface area contributed by atoms with Crippen molar-refractivity contribution in [3.8, 4) is 0 Å². The van der Waals surface area contributed by atoms with Crippen LogP contribution >= 0.6 is 0 Å². The zero-order chi connectivity index (χ0) is 17.5. The number of hydrogen-bond donors (Lipinski definition) is 1. The number of piperidine rings is 1. The third kappa shape index (κ3) is 2.58. The Morgan fingerprint density at radius 2 is 2.04 bits per heavy atom. The average Bonchev–Trinajstić information content (AvgIpc) is 3.32. The van der Waals surface area contributed by atoms with Crippen LogP contribution in [0.5, 0.6) is 0 Å². The van der Waals surface area contributed by atoms with Crippen LogP contribution in [0.4, 0.5) is 0 Å². The van der Waals surface area contributed by atoms with Gasteiger partial charge < -0.3 is 14.5 Å². The standard InChI is InChI=1S/C19H22N6O/c26-19(18-23-22-16-9-3-4-11-25(16)18)24-10-5-6-13(12-24)17-20-14-7-1-2-8-15(14)21-17/h1-2,7-8,13H,3-6,9-12H2,(H,20,21). The minimum atomic E-state index is 0.00598. The first kappa shape index (κ1) is 15.5. The van der Waals surface area contributed by atoms with E-state index in [1.54, 1.807) is 0 Å². The van der Waals surface area contributed by atoms with Gasteiger partial charge in [0.15, 0.2) is 0 Å². The van der Waals surface area contributed by atoms with Gasteiger partial charge in [0.05, 0.1) is 11.0 Å². The number of aromatic nitrogens is 5. The third-order valence-corrected chi connectivity index (χ3v) is 5.55. The second-order valence-corrected chi connectivity index (χ2v) is 7.28. The van der Waals surface area contributed by atoms with E-state index in [0.717, 1.165) is 67.9 Å². The van der Waals surface area contributed by atoms with Gasteiger partial charge in [-0.3, -0.25) is 4.79 Å². The van der Waals surface area contributed by atoms with Crippen LogP contribution in [0, 0.1) is 0 Å². The number of aromatic amines is 1. The predicted molar refractivity (Wildman–Crippen MR) is 96.9 cm³/mol. The Balaban J connectivity index is 1.38. The maximum atomic E-state index is 13.1. The predicted octanol–water partition coefficient (Wildman–Crippen LogP) is 2.51. The molecule has 4 heterocycles. The molecule has 0 saturated carbocycles. The van der Waals surface area contributed by atoms with Crippen molar-refractivity contribution in [3.63, 3.8) is 0 Å². The smallest absolute Gasteiger partial charge is 0.291 e. The molecule has 0 radical (unpaired) electrons. The van der Waals surface area contributed by atoms with Crippen molar-refractivity contribution >= 4 is 16.9 Å². The molecule has 2 aliphatic rings. The summed E-state index contributed by atoms with van der Waals surface area (Å²) in [7, 11) is 0. The number of fused-ring (bicyclic) bond motifs is 2. The molecule has 1 N–H and O–H groups in total. The molecule has 5 rings (SSSR count). The first-order chi connectivity index (χ1) is 12.8. The molecule has 0 spiro atoms. The number of rotatable bonds is 2. The number of amides is 1.